The molecule has 5 aliphatic heterocycles. The van der Waals surface area contributed by atoms with E-state index < -0.39 is 92.5 Å². The number of aliphatic hydroxyl groups is 3. The lowest BCUT2D eigenvalue weighted by molar-refractivity contribution is -0.351. The number of cyclic esters (lactones) is 1. The van der Waals surface area contributed by atoms with Crippen LogP contribution in [0.3, 0.4) is 0 Å². The monoisotopic (exact) mass is 876 g/mol. The Morgan fingerprint density at radius 2 is 1.35 bits per heavy atom. The van der Waals surface area contributed by atoms with E-state index in [2.05, 4.69) is 0 Å². The molecule has 13 atom stereocenters. The van der Waals surface area contributed by atoms with Crippen LogP contribution in [0, 0.1) is 0 Å². The average Bonchev–Trinajstić information content (AvgIpc) is 4.01. The number of benzene rings is 3. The molecule has 5 aliphatic rings. The van der Waals surface area contributed by atoms with Crippen LogP contribution in [-0.4, -0.2) is 178 Å². The van der Waals surface area contributed by atoms with Crippen molar-refractivity contribution >= 4 is 16.7 Å². The SMILES string of the molecule is COCC1OC(OC2COC(OC3C(CO)OC(Oc4c5c(c(-c6ccc7c(c6)OCO7)c6cc(OC)c(OC)cc46)C(=O)OC5)C(O)C3O)C(OC)C2OC)C(OC)C1OC. The first-order valence-corrected chi connectivity index (χ1v) is 19.9. The molecule has 3 aromatic rings. The number of esters is 1. The van der Waals surface area contributed by atoms with Crippen molar-refractivity contribution in [3.8, 4) is 39.9 Å². The van der Waals surface area contributed by atoms with Gasteiger partial charge < -0.3 is 91.1 Å². The van der Waals surface area contributed by atoms with Gasteiger partial charge in [0, 0.05) is 52.1 Å². The van der Waals surface area contributed by atoms with E-state index in [1.807, 2.05) is 0 Å². The molecule has 0 aromatic heterocycles. The summed E-state index contributed by atoms with van der Waals surface area (Å²) >= 11 is 0. The molecule has 8 rings (SSSR count). The fourth-order valence-electron chi connectivity index (χ4n) is 8.80. The van der Waals surface area contributed by atoms with E-state index in [0.29, 0.717) is 50.5 Å². The number of fused-ring (bicyclic) bond motifs is 3. The average molecular weight is 877 g/mol. The highest BCUT2D eigenvalue weighted by Gasteiger charge is 2.53. The van der Waals surface area contributed by atoms with E-state index in [-0.39, 0.29) is 37.9 Å². The maximum absolute atomic E-state index is 13.6. The van der Waals surface area contributed by atoms with Gasteiger partial charge in [0.15, 0.2) is 35.6 Å². The number of ether oxygens (including phenoxy) is 16. The van der Waals surface area contributed by atoms with Crippen LogP contribution in [0.2, 0.25) is 0 Å². The quantitative estimate of drug-likeness (QED) is 0.172. The van der Waals surface area contributed by atoms with Crippen molar-refractivity contribution in [1.29, 1.82) is 0 Å². The Labute approximate surface area is 356 Å². The minimum Gasteiger partial charge on any atom is -0.493 e. The van der Waals surface area contributed by atoms with Gasteiger partial charge in [0.1, 0.15) is 73.4 Å². The van der Waals surface area contributed by atoms with Crippen molar-refractivity contribution in [3.63, 3.8) is 0 Å². The minimum atomic E-state index is -1.77. The lowest BCUT2D eigenvalue weighted by atomic mass is 9.89. The molecule has 3 aromatic carbocycles. The molecule has 20 heteroatoms. The minimum absolute atomic E-state index is 0.0513. The third-order valence-corrected chi connectivity index (χ3v) is 11.8. The Morgan fingerprint density at radius 3 is 2.03 bits per heavy atom. The summed E-state index contributed by atoms with van der Waals surface area (Å²) in [6.45, 7) is -0.647. The number of aliphatic hydroxyl groups excluding tert-OH is 3. The summed E-state index contributed by atoms with van der Waals surface area (Å²) in [7, 11) is 10.5. The van der Waals surface area contributed by atoms with Crippen LogP contribution in [0.1, 0.15) is 15.9 Å². The molecule has 340 valence electrons. The zero-order valence-corrected chi connectivity index (χ0v) is 35.2. The molecular weight excluding hydrogens is 824 g/mol. The summed E-state index contributed by atoms with van der Waals surface area (Å²) in [5.74, 6) is 1.23. The van der Waals surface area contributed by atoms with Crippen LogP contribution in [0.15, 0.2) is 30.3 Å². The Balaban J connectivity index is 1.05. The molecule has 3 saturated heterocycles. The maximum atomic E-state index is 13.6. The zero-order valence-electron chi connectivity index (χ0n) is 35.2. The van der Waals surface area contributed by atoms with E-state index in [9.17, 15) is 20.1 Å². The summed E-state index contributed by atoms with van der Waals surface area (Å²) in [6, 6.07) is 8.67. The third-order valence-electron chi connectivity index (χ3n) is 11.8. The summed E-state index contributed by atoms with van der Waals surface area (Å²) in [5.41, 5.74) is 1.67. The number of carbonyl (C=O) groups is 1. The van der Waals surface area contributed by atoms with Gasteiger partial charge in [-0.15, -0.1) is 0 Å². The molecule has 0 saturated carbocycles. The van der Waals surface area contributed by atoms with E-state index >= 15 is 0 Å². The first-order chi connectivity index (χ1) is 30.1. The topological polar surface area (TPSA) is 225 Å². The number of methoxy groups -OCH3 is 7. The van der Waals surface area contributed by atoms with Gasteiger partial charge in [0.05, 0.1) is 39.6 Å². The Hall–Kier alpha value is -4.13. The van der Waals surface area contributed by atoms with Crippen LogP contribution < -0.4 is 23.7 Å². The van der Waals surface area contributed by atoms with Crippen LogP contribution in [0.4, 0.5) is 0 Å². The second-order valence-corrected chi connectivity index (χ2v) is 15.1. The molecule has 5 heterocycles. The lowest BCUT2D eigenvalue weighted by Crippen LogP contribution is -2.64. The van der Waals surface area contributed by atoms with Gasteiger partial charge in [-0.3, -0.25) is 0 Å². The van der Waals surface area contributed by atoms with Crippen molar-refractivity contribution in [3.05, 3.63) is 41.5 Å². The number of rotatable bonds is 16. The summed E-state index contributed by atoms with van der Waals surface area (Å²) in [5, 5.41) is 34.9. The number of hydrogen-bond acceptors (Lipinski definition) is 20. The normalized spacial score (nSPS) is 32.8. The van der Waals surface area contributed by atoms with Crippen LogP contribution in [-0.2, 0) is 58.7 Å². The molecule has 13 unspecified atom stereocenters. The lowest BCUT2D eigenvalue weighted by Gasteiger charge is -2.46. The van der Waals surface area contributed by atoms with Gasteiger partial charge in [-0.25, -0.2) is 4.79 Å². The van der Waals surface area contributed by atoms with Crippen LogP contribution in [0.25, 0.3) is 21.9 Å². The number of carbonyl (C=O) groups excluding carboxylic acids is 1. The van der Waals surface area contributed by atoms with E-state index in [4.69, 9.17) is 75.8 Å². The predicted molar refractivity (Wildman–Crippen MR) is 209 cm³/mol. The Bertz CT molecular complexity index is 2060. The second-order valence-electron chi connectivity index (χ2n) is 15.1. The predicted octanol–water partition coefficient (Wildman–Crippen LogP) is 1.30. The molecule has 3 N–H and O–H groups in total. The molecule has 0 aliphatic carbocycles. The number of hydrogen-bond donors (Lipinski definition) is 3. The van der Waals surface area contributed by atoms with Crippen molar-refractivity contribution in [1.82, 2.24) is 0 Å². The Morgan fingerprint density at radius 1 is 0.677 bits per heavy atom. The van der Waals surface area contributed by atoms with E-state index in [1.54, 1.807) is 44.6 Å². The third kappa shape index (κ3) is 7.91. The maximum Gasteiger partial charge on any atom is 0.339 e. The molecule has 0 radical (unpaired) electrons. The van der Waals surface area contributed by atoms with Gasteiger partial charge in [0.2, 0.25) is 13.1 Å². The fraction of sp³-hybridized carbons (Fsp3) is 0.595. The molecule has 3 fully saturated rings. The summed E-state index contributed by atoms with van der Waals surface area (Å²) in [6.07, 6.45) is -13.8. The molecular formula is C42H52O20. The zero-order chi connectivity index (χ0) is 43.8. The van der Waals surface area contributed by atoms with Crippen LogP contribution in [0.5, 0.6) is 28.7 Å². The standard InChI is InChI=1S/C42H52O20/c1-47-15-27-35(50-4)38(53-7)42(59-27)60-28-16-55-41(37(52-6)36(28)51-5)62-34-26(13-43)58-40(32(45)31(34)44)61-33-20-12-24(49-3)23(48-2)11-19(20)29(30-21(33)14-54-39(30)46)18-8-9-22-25(10-18)57-17-56-22/h8-12,26-28,31-32,34-38,40-45H,13-17H2,1-7H3. The second kappa shape index (κ2) is 18.9. The Kier molecular flexibility index (Phi) is 13.6. The van der Waals surface area contributed by atoms with Gasteiger partial charge in [-0.2, -0.15) is 0 Å². The molecule has 20 nitrogen and oxygen atoms in total. The van der Waals surface area contributed by atoms with Gasteiger partial charge in [0.25, 0.3) is 0 Å². The summed E-state index contributed by atoms with van der Waals surface area (Å²) in [4.78, 5) is 13.6. The fourth-order valence-corrected chi connectivity index (χ4v) is 8.80. The van der Waals surface area contributed by atoms with Crippen molar-refractivity contribution in [2.45, 2.75) is 86.5 Å². The van der Waals surface area contributed by atoms with Gasteiger partial charge in [-0.05, 0) is 35.2 Å². The van der Waals surface area contributed by atoms with Gasteiger partial charge in [-0.1, -0.05) is 6.07 Å². The highest BCUT2D eigenvalue weighted by molar-refractivity contribution is 6.14. The largest absolute Gasteiger partial charge is 0.493 e. The van der Waals surface area contributed by atoms with Gasteiger partial charge >= 0.3 is 5.97 Å². The van der Waals surface area contributed by atoms with Crippen molar-refractivity contribution in [2.75, 3.05) is 76.4 Å². The molecule has 0 amide bonds. The highest BCUT2D eigenvalue weighted by Crippen LogP contribution is 2.50. The highest BCUT2D eigenvalue weighted by atomic mass is 16.8. The summed E-state index contributed by atoms with van der Waals surface area (Å²) < 4.78 is 93.8. The molecule has 0 bridgehead atoms. The van der Waals surface area contributed by atoms with Crippen molar-refractivity contribution in [2.24, 2.45) is 0 Å². The van der Waals surface area contributed by atoms with Crippen molar-refractivity contribution < 1.29 is 95.9 Å². The molecule has 62 heavy (non-hydrogen) atoms. The van der Waals surface area contributed by atoms with E-state index in [1.165, 1.54) is 35.5 Å². The smallest absolute Gasteiger partial charge is 0.339 e. The first-order valence-electron chi connectivity index (χ1n) is 19.9. The molecule has 0 spiro atoms. The first kappa shape index (κ1) is 44.5. The van der Waals surface area contributed by atoms with E-state index in [0.717, 1.165) is 0 Å². The van der Waals surface area contributed by atoms with Crippen LogP contribution >= 0.6 is 0 Å².